The molecule has 0 N–H and O–H groups in total. The first-order valence-corrected chi connectivity index (χ1v) is 7.41. The lowest BCUT2D eigenvalue weighted by atomic mass is 10.0. The molecule has 0 saturated heterocycles. The number of methoxy groups -OCH3 is 2. The normalized spacial score (nSPS) is 19.9. The molecule has 3 unspecified atom stereocenters. The monoisotopic (exact) mass is 342 g/mol. The van der Waals surface area contributed by atoms with Gasteiger partial charge in [-0.3, -0.25) is 0 Å². The summed E-state index contributed by atoms with van der Waals surface area (Å²) < 4.78 is 26.6. The number of cyclic esters (lactones) is 1. The van der Waals surface area contributed by atoms with Crippen LogP contribution >= 0.6 is 11.6 Å². The van der Waals surface area contributed by atoms with Crippen LogP contribution in [0.15, 0.2) is 36.1 Å². The highest BCUT2D eigenvalue weighted by Crippen LogP contribution is 2.35. The lowest BCUT2D eigenvalue weighted by Crippen LogP contribution is -2.27. The Balaban J connectivity index is 2.20. The SMILES string of the molecule is COC1=CC(=O)OC1C(OCOC(C)OC)c1ccccc1Cl. The van der Waals surface area contributed by atoms with E-state index in [0.717, 1.165) is 0 Å². The largest absolute Gasteiger partial charge is 0.497 e. The smallest absolute Gasteiger partial charge is 0.335 e. The van der Waals surface area contributed by atoms with Crippen LogP contribution in [-0.4, -0.2) is 39.4 Å². The van der Waals surface area contributed by atoms with Crippen molar-refractivity contribution in [1.82, 2.24) is 0 Å². The van der Waals surface area contributed by atoms with Gasteiger partial charge in [0.25, 0.3) is 0 Å². The van der Waals surface area contributed by atoms with Gasteiger partial charge in [-0.2, -0.15) is 0 Å². The Morgan fingerprint density at radius 2 is 2.00 bits per heavy atom. The number of carbonyl (C=O) groups is 1. The fourth-order valence-corrected chi connectivity index (χ4v) is 2.37. The Morgan fingerprint density at radius 1 is 1.26 bits per heavy atom. The molecule has 1 heterocycles. The molecule has 3 atom stereocenters. The third kappa shape index (κ3) is 4.45. The first-order chi connectivity index (χ1) is 11.1. The number of benzene rings is 1. The second-order valence-electron chi connectivity index (χ2n) is 4.80. The van der Waals surface area contributed by atoms with Crippen LogP contribution in [0.4, 0.5) is 0 Å². The average molecular weight is 343 g/mol. The topological polar surface area (TPSA) is 63.2 Å². The molecule has 0 spiro atoms. The second-order valence-corrected chi connectivity index (χ2v) is 5.21. The zero-order valence-electron chi connectivity index (χ0n) is 13.2. The molecular weight excluding hydrogens is 324 g/mol. The Hall–Kier alpha value is -1.60. The lowest BCUT2D eigenvalue weighted by molar-refractivity contribution is -0.203. The van der Waals surface area contributed by atoms with Gasteiger partial charge in [-0.25, -0.2) is 4.79 Å². The highest BCUT2D eigenvalue weighted by Gasteiger charge is 2.37. The summed E-state index contributed by atoms with van der Waals surface area (Å²) in [5.41, 5.74) is 0.672. The summed E-state index contributed by atoms with van der Waals surface area (Å²) in [6, 6.07) is 7.16. The van der Waals surface area contributed by atoms with Crippen LogP contribution in [-0.2, 0) is 28.5 Å². The van der Waals surface area contributed by atoms with Crippen molar-refractivity contribution in [2.45, 2.75) is 25.4 Å². The first kappa shape index (κ1) is 17.7. The van der Waals surface area contributed by atoms with Crippen LogP contribution in [0.25, 0.3) is 0 Å². The van der Waals surface area contributed by atoms with E-state index in [1.165, 1.54) is 20.3 Å². The molecule has 0 radical (unpaired) electrons. The van der Waals surface area contributed by atoms with Crippen molar-refractivity contribution in [3.63, 3.8) is 0 Å². The van der Waals surface area contributed by atoms with E-state index in [-0.39, 0.29) is 6.79 Å². The van der Waals surface area contributed by atoms with E-state index in [2.05, 4.69) is 0 Å². The summed E-state index contributed by atoms with van der Waals surface area (Å²) in [7, 11) is 2.99. The maximum Gasteiger partial charge on any atom is 0.335 e. The molecule has 1 aromatic carbocycles. The van der Waals surface area contributed by atoms with Crippen molar-refractivity contribution >= 4 is 17.6 Å². The molecule has 2 rings (SSSR count). The summed E-state index contributed by atoms with van der Waals surface area (Å²) in [6.07, 6.45) is -0.527. The summed E-state index contributed by atoms with van der Waals surface area (Å²) in [4.78, 5) is 11.6. The molecule has 1 aliphatic heterocycles. The van der Waals surface area contributed by atoms with Crippen molar-refractivity contribution in [1.29, 1.82) is 0 Å². The maximum absolute atomic E-state index is 11.6. The molecular formula is C16H19ClO6. The van der Waals surface area contributed by atoms with Crippen LogP contribution in [0, 0.1) is 0 Å². The van der Waals surface area contributed by atoms with E-state index in [1.807, 2.05) is 6.07 Å². The van der Waals surface area contributed by atoms with Gasteiger partial charge < -0.3 is 23.7 Å². The minimum Gasteiger partial charge on any atom is -0.497 e. The molecule has 126 valence electrons. The van der Waals surface area contributed by atoms with Gasteiger partial charge in [0.2, 0.25) is 0 Å². The van der Waals surface area contributed by atoms with E-state index in [0.29, 0.717) is 16.3 Å². The van der Waals surface area contributed by atoms with E-state index in [4.69, 9.17) is 35.3 Å². The molecule has 0 aromatic heterocycles. The Labute approximate surface area is 139 Å². The number of hydrogen-bond donors (Lipinski definition) is 0. The number of halogens is 1. The number of rotatable bonds is 8. The molecule has 6 nitrogen and oxygen atoms in total. The third-order valence-corrected chi connectivity index (χ3v) is 3.73. The summed E-state index contributed by atoms with van der Waals surface area (Å²) in [6.45, 7) is 1.68. The quantitative estimate of drug-likeness (QED) is 0.534. The van der Waals surface area contributed by atoms with Crippen molar-refractivity contribution in [3.8, 4) is 0 Å². The van der Waals surface area contributed by atoms with Gasteiger partial charge in [0.05, 0.1) is 13.2 Å². The van der Waals surface area contributed by atoms with E-state index >= 15 is 0 Å². The number of hydrogen-bond acceptors (Lipinski definition) is 6. The maximum atomic E-state index is 11.6. The van der Waals surface area contributed by atoms with Crippen molar-refractivity contribution in [3.05, 3.63) is 46.7 Å². The van der Waals surface area contributed by atoms with Gasteiger partial charge in [0, 0.05) is 17.7 Å². The zero-order chi connectivity index (χ0) is 16.8. The number of esters is 1. The van der Waals surface area contributed by atoms with Gasteiger partial charge >= 0.3 is 5.97 Å². The molecule has 0 amide bonds. The molecule has 0 fully saturated rings. The van der Waals surface area contributed by atoms with Crippen LogP contribution in [0.3, 0.4) is 0 Å². The predicted molar refractivity (Wildman–Crippen MR) is 82.7 cm³/mol. The van der Waals surface area contributed by atoms with Gasteiger partial charge in [-0.15, -0.1) is 0 Å². The van der Waals surface area contributed by atoms with Crippen LogP contribution < -0.4 is 0 Å². The number of ether oxygens (including phenoxy) is 5. The van der Waals surface area contributed by atoms with E-state index < -0.39 is 24.5 Å². The van der Waals surface area contributed by atoms with Crippen molar-refractivity contribution < 1.29 is 28.5 Å². The second kappa shape index (κ2) is 8.31. The van der Waals surface area contributed by atoms with Crippen molar-refractivity contribution in [2.24, 2.45) is 0 Å². The van der Waals surface area contributed by atoms with Gasteiger partial charge in [0.15, 0.2) is 19.2 Å². The van der Waals surface area contributed by atoms with E-state index in [1.54, 1.807) is 25.1 Å². The van der Waals surface area contributed by atoms with Gasteiger partial charge in [0.1, 0.15) is 11.9 Å². The Bertz CT molecular complexity index is 573. The standard InChI is InChI=1S/C16H19ClO6/c1-10(19-2)21-9-22-15(11-6-4-5-7-12(11)17)16-13(20-3)8-14(18)23-16/h4-8,10,15-16H,9H2,1-3H3. The summed E-state index contributed by atoms with van der Waals surface area (Å²) in [5.74, 6) is -0.113. The average Bonchev–Trinajstić information content (AvgIpc) is 2.93. The minimum atomic E-state index is -0.728. The molecule has 1 aromatic rings. The molecule has 23 heavy (non-hydrogen) atoms. The number of carbonyl (C=O) groups excluding carboxylic acids is 1. The predicted octanol–water partition coefficient (Wildman–Crippen LogP) is 2.82. The van der Waals surface area contributed by atoms with Crippen molar-refractivity contribution in [2.75, 3.05) is 21.0 Å². The summed E-state index contributed by atoms with van der Waals surface area (Å²) >= 11 is 6.25. The fourth-order valence-electron chi connectivity index (χ4n) is 2.12. The minimum absolute atomic E-state index is 0.0596. The Kier molecular flexibility index (Phi) is 6.41. The highest BCUT2D eigenvalue weighted by molar-refractivity contribution is 6.31. The van der Waals surface area contributed by atoms with E-state index in [9.17, 15) is 4.79 Å². The van der Waals surface area contributed by atoms with Crippen LogP contribution in [0.5, 0.6) is 0 Å². The molecule has 0 bridgehead atoms. The molecule has 0 saturated carbocycles. The van der Waals surface area contributed by atoms with Gasteiger partial charge in [-0.05, 0) is 13.0 Å². The first-order valence-electron chi connectivity index (χ1n) is 7.03. The molecule has 7 heteroatoms. The Morgan fingerprint density at radius 3 is 2.65 bits per heavy atom. The molecule has 0 aliphatic carbocycles. The fraction of sp³-hybridized carbons (Fsp3) is 0.438. The van der Waals surface area contributed by atoms with Crippen LogP contribution in [0.2, 0.25) is 5.02 Å². The van der Waals surface area contributed by atoms with Gasteiger partial charge in [-0.1, -0.05) is 29.8 Å². The van der Waals surface area contributed by atoms with Crippen LogP contribution in [0.1, 0.15) is 18.6 Å². The summed E-state index contributed by atoms with van der Waals surface area (Å²) in [5, 5.41) is 0.496. The highest BCUT2D eigenvalue weighted by atomic mass is 35.5. The lowest BCUT2D eigenvalue weighted by Gasteiger charge is -2.26. The zero-order valence-corrected chi connectivity index (χ0v) is 13.9. The molecule has 1 aliphatic rings. The third-order valence-electron chi connectivity index (χ3n) is 3.39.